The fourth-order valence-corrected chi connectivity index (χ4v) is 5.08. The predicted octanol–water partition coefficient (Wildman–Crippen LogP) is 3.81. The highest BCUT2D eigenvalue weighted by Crippen LogP contribution is 2.24. The monoisotopic (exact) mass is 444 g/mol. The van der Waals surface area contributed by atoms with Crippen LogP contribution in [0.2, 0.25) is 0 Å². The lowest BCUT2D eigenvalue weighted by atomic mass is 10.2. The molecular formula is C17H21BrN2O3S2. The molecule has 136 valence electrons. The minimum atomic E-state index is -3.54. The molecule has 0 unspecified atom stereocenters. The molecule has 5 nitrogen and oxygen atoms in total. The molecule has 0 fully saturated rings. The zero-order valence-corrected chi connectivity index (χ0v) is 17.8. The molecule has 0 saturated heterocycles. The molecule has 0 N–H and O–H groups in total. The summed E-state index contributed by atoms with van der Waals surface area (Å²) in [5.74, 6) is -0.148. The fourth-order valence-electron chi connectivity index (χ4n) is 2.18. The molecule has 8 heteroatoms. The van der Waals surface area contributed by atoms with Crippen LogP contribution in [-0.4, -0.2) is 43.7 Å². The van der Waals surface area contributed by atoms with E-state index in [0.717, 1.165) is 8.66 Å². The second-order valence-electron chi connectivity index (χ2n) is 6.01. The molecule has 0 saturated carbocycles. The first-order valence-corrected chi connectivity index (χ1v) is 10.8. The molecule has 2 rings (SSSR count). The number of halogens is 1. The van der Waals surface area contributed by atoms with Crippen molar-refractivity contribution in [1.29, 1.82) is 0 Å². The fraction of sp³-hybridized carbons (Fsp3) is 0.353. The summed E-state index contributed by atoms with van der Waals surface area (Å²) in [7, 11) is -0.265. The summed E-state index contributed by atoms with van der Waals surface area (Å²) in [5, 5.41) is 0. The van der Waals surface area contributed by atoms with Crippen LogP contribution in [0.3, 0.4) is 0 Å². The molecule has 1 aromatic carbocycles. The number of sulfonamides is 1. The molecule has 1 heterocycles. The zero-order valence-electron chi connectivity index (χ0n) is 14.6. The topological polar surface area (TPSA) is 57.7 Å². The molecule has 0 spiro atoms. The van der Waals surface area contributed by atoms with Crippen LogP contribution >= 0.6 is 27.3 Å². The zero-order chi connectivity index (χ0) is 18.8. The van der Waals surface area contributed by atoms with Crippen LogP contribution < -0.4 is 0 Å². The Kier molecular flexibility index (Phi) is 6.42. The maximum absolute atomic E-state index is 12.5. The molecule has 0 radical (unpaired) electrons. The first kappa shape index (κ1) is 20.1. The van der Waals surface area contributed by atoms with E-state index < -0.39 is 10.0 Å². The third-order valence-corrected chi connectivity index (χ3v) is 7.53. The lowest BCUT2D eigenvalue weighted by Crippen LogP contribution is -2.33. The summed E-state index contributed by atoms with van der Waals surface area (Å²) in [6.07, 6.45) is 0. The van der Waals surface area contributed by atoms with Crippen LogP contribution in [0.1, 0.15) is 29.1 Å². The summed E-state index contributed by atoms with van der Waals surface area (Å²) in [5.41, 5.74) is 0.462. The highest BCUT2D eigenvalue weighted by Gasteiger charge is 2.23. The Morgan fingerprint density at radius 1 is 1.12 bits per heavy atom. The van der Waals surface area contributed by atoms with Gasteiger partial charge >= 0.3 is 0 Å². The van der Waals surface area contributed by atoms with Crippen LogP contribution in [0, 0.1) is 0 Å². The maximum atomic E-state index is 12.5. The van der Waals surface area contributed by atoms with E-state index in [1.54, 1.807) is 42.5 Å². The second-order valence-corrected chi connectivity index (χ2v) is 10.6. The minimum Gasteiger partial charge on any atom is -0.337 e. The quantitative estimate of drug-likeness (QED) is 0.680. The summed E-state index contributed by atoms with van der Waals surface area (Å²) in [6.45, 7) is 4.13. The van der Waals surface area contributed by atoms with Gasteiger partial charge in [-0.15, -0.1) is 11.3 Å². The highest BCUT2D eigenvalue weighted by atomic mass is 79.9. The van der Waals surface area contributed by atoms with E-state index in [4.69, 9.17) is 0 Å². The van der Waals surface area contributed by atoms with Gasteiger partial charge in [0.1, 0.15) is 0 Å². The molecule has 0 aliphatic carbocycles. The number of carbonyl (C=O) groups excluding carboxylic acids is 1. The number of rotatable bonds is 6. The molecule has 25 heavy (non-hydrogen) atoms. The van der Waals surface area contributed by atoms with E-state index in [1.807, 2.05) is 26.0 Å². The van der Waals surface area contributed by atoms with Gasteiger partial charge in [0.15, 0.2) is 0 Å². The van der Waals surface area contributed by atoms with E-state index in [-0.39, 0.29) is 16.8 Å². The Bertz CT molecular complexity index is 845. The number of benzene rings is 1. The Balaban J connectivity index is 2.14. The number of amides is 1. The summed E-state index contributed by atoms with van der Waals surface area (Å²) < 4.78 is 27.2. The predicted molar refractivity (Wildman–Crippen MR) is 104 cm³/mol. The average Bonchev–Trinajstić information content (AvgIpc) is 2.98. The van der Waals surface area contributed by atoms with E-state index in [0.29, 0.717) is 12.1 Å². The van der Waals surface area contributed by atoms with Gasteiger partial charge < -0.3 is 4.90 Å². The van der Waals surface area contributed by atoms with E-state index in [1.165, 1.54) is 16.4 Å². The van der Waals surface area contributed by atoms with E-state index >= 15 is 0 Å². The van der Waals surface area contributed by atoms with Gasteiger partial charge in [-0.1, -0.05) is 0 Å². The van der Waals surface area contributed by atoms with Gasteiger partial charge in [-0.25, -0.2) is 8.42 Å². The first-order valence-electron chi connectivity index (χ1n) is 7.70. The molecule has 1 aromatic heterocycles. The number of nitrogens with zero attached hydrogens (tertiary/aromatic N) is 2. The van der Waals surface area contributed by atoms with Gasteiger partial charge in [0.25, 0.3) is 5.91 Å². The van der Waals surface area contributed by atoms with Gasteiger partial charge in [0.05, 0.1) is 15.2 Å². The van der Waals surface area contributed by atoms with Gasteiger partial charge in [0.2, 0.25) is 10.0 Å². The minimum absolute atomic E-state index is 0.137. The Hall–Kier alpha value is -1.22. The molecular weight excluding hydrogens is 424 g/mol. The van der Waals surface area contributed by atoms with Crippen molar-refractivity contribution >= 4 is 43.2 Å². The van der Waals surface area contributed by atoms with Crippen molar-refractivity contribution in [3.8, 4) is 0 Å². The van der Waals surface area contributed by atoms with Crippen LogP contribution in [0.4, 0.5) is 0 Å². The van der Waals surface area contributed by atoms with E-state index in [9.17, 15) is 13.2 Å². The number of hydrogen-bond acceptors (Lipinski definition) is 4. The van der Waals surface area contributed by atoms with Crippen molar-refractivity contribution in [1.82, 2.24) is 9.21 Å². The van der Waals surface area contributed by atoms with Crippen LogP contribution in [0.25, 0.3) is 0 Å². The van der Waals surface area contributed by atoms with Crippen molar-refractivity contribution in [2.75, 3.05) is 14.1 Å². The number of carbonyl (C=O) groups is 1. The third-order valence-electron chi connectivity index (χ3n) is 3.87. The maximum Gasteiger partial charge on any atom is 0.253 e. The van der Waals surface area contributed by atoms with Crippen LogP contribution in [-0.2, 0) is 16.6 Å². The second kappa shape index (κ2) is 7.99. The van der Waals surface area contributed by atoms with Crippen molar-refractivity contribution in [3.63, 3.8) is 0 Å². The van der Waals surface area contributed by atoms with Crippen molar-refractivity contribution in [2.24, 2.45) is 0 Å². The molecule has 0 aliphatic rings. The Morgan fingerprint density at radius 2 is 1.72 bits per heavy atom. The van der Waals surface area contributed by atoms with Gasteiger partial charge in [0, 0.05) is 30.6 Å². The molecule has 0 aliphatic heterocycles. The normalized spacial score (nSPS) is 12.0. The van der Waals surface area contributed by atoms with E-state index in [2.05, 4.69) is 15.9 Å². The smallest absolute Gasteiger partial charge is 0.253 e. The van der Waals surface area contributed by atoms with Crippen LogP contribution in [0.15, 0.2) is 45.1 Å². The average molecular weight is 445 g/mol. The third kappa shape index (κ3) is 4.69. The summed E-state index contributed by atoms with van der Waals surface area (Å²) in [4.78, 5) is 15.4. The molecule has 2 aromatic rings. The van der Waals surface area contributed by atoms with Crippen molar-refractivity contribution in [2.45, 2.75) is 31.3 Å². The van der Waals surface area contributed by atoms with Crippen molar-refractivity contribution in [3.05, 3.63) is 50.6 Å². The summed E-state index contributed by atoms with van der Waals surface area (Å²) >= 11 is 4.98. The summed E-state index contributed by atoms with van der Waals surface area (Å²) in [6, 6.07) is 9.87. The number of thiophene rings is 1. The molecule has 1 amide bonds. The SMILES string of the molecule is CC(C)N(C)S(=O)(=O)c1ccc(C(=O)N(C)Cc2ccc(Br)s2)cc1. The van der Waals surface area contributed by atoms with Gasteiger partial charge in [-0.2, -0.15) is 4.31 Å². The van der Waals surface area contributed by atoms with Gasteiger partial charge in [-0.05, 0) is 66.2 Å². The molecule has 0 bridgehead atoms. The van der Waals surface area contributed by atoms with Crippen molar-refractivity contribution < 1.29 is 13.2 Å². The highest BCUT2D eigenvalue weighted by molar-refractivity contribution is 9.11. The first-order chi connectivity index (χ1) is 11.6. The molecule has 0 atom stereocenters. The lowest BCUT2D eigenvalue weighted by molar-refractivity contribution is 0.0786. The lowest BCUT2D eigenvalue weighted by Gasteiger charge is -2.21. The largest absolute Gasteiger partial charge is 0.337 e. The Labute approximate surface area is 161 Å². The Morgan fingerprint density at radius 3 is 2.20 bits per heavy atom. The van der Waals surface area contributed by atoms with Gasteiger partial charge in [-0.3, -0.25) is 4.79 Å². The van der Waals surface area contributed by atoms with Crippen LogP contribution in [0.5, 0.6) is 0 Å². The number of hydrogen-bond donors (Lipinski definition) is 0. The standard InChI is InChI=1S/C17H21BrN2O3S2/c1-12(2)20(4)25(22,23)15-8-5-13(6-9-15)17(21)19(3)11-14-7-10-16(18)24-14/h5-10,12H,11H2,1-4H3.